The second-order valence-corrected chi connectivity index (χ2v) is 3.99. The molecule has 0 saturated carbocycles. The average Bonchev–Trinajstić information content (AvgIpc) is 2.28. The van der Waals surface area contributed by atoms with Crippen molar-refractivity contribution in [3.05, 3.63) is 11.9 Å². The summed E-state index contributed by atoms with van der Waals surface area (Å²) in [5.41, 5.74) is 5.65. The number of nitrogens with one attached hydrogen (secondary N) is 1. The van der Waals surface area contributed by atoms with Crippen molar-refractivity contribution in [2.24, 2.45) is 0 Å². The molecule has 1 heterocycles. The third-order valence-corrected chi connectivity index (χ3v) is 2.21. The van der Waals surface area contributed by atoms with Crippen LogP contribution in [-0.4, -0.2) is 48.5 Å². The second kappa shape index (κ2) is 6.75. The molecular formula is C11H19N5O2. The van der Waals surface area contributed by atoms with Crippen molar-refractivity contribution in [2.75, 3.05) is 38.8 Å². The zero-order valence-corrected chi connectivity index (χ0v) is 10.9. The van der Waals surface area contributed by atoms with Crippen LogP contribution >= 0.6 is 0 Å². The fourth-order valence-electron chi connectivity index (χ4n) is 1.32. The van der Waals surface area contributed by atoms with E-state index >= 15 is 0 Å². The van der Waals surface area contributed by atoms with Crippen LogP contribution < -0.4 is 11.1 Å². The molecule has 0 radical (unpaired) electrons. The van der Waals surface area contributed by atoms with Crippen molar-refractivity contribution in [3.8, 4) is 0 Å². The molecule has 0 aliphatic carbocycles. The van der Waals surface area contributed by atoms with Gasteiger partial charge in [-0.3, -0.25) is 4.79 Å². The Morgan fingerprint density at radius 1 is 1.50 bits per heavy atom. The standard InChI is InChI=1S/C11H19N5O2/c1-16(2)11(17)4-5-13-9-6-8(12)14-10(15-9)7-18-3/h6H,4-5,7H2,1-3H3,(H3,12,13,14,15). The number of carbonyl (C=O) groups is 1. The van der Waals surface area contributed by atoms with Gasteiger partial charge in [-0.05, 0) is 0 Å². The molecule has 1 rings (SSSR count). The van der Waals surface area contributed by atoms with Crippen LogP contribution in [0.5, 0.6) is 0 Å². The molecule has 7 heteroatoms. The summed E-state index contributed by atoms with van der Waals surface area (Å²) in [7, 11) is 5.01. The van der Waals surface area contributed by atoms with Crippen LogP contribution in [-0.2, 0) is 16.1 Å². The smallest absolute Gasteiger partial charge is 0.223 e. The largest absolute Gasteiger partial charge is 0.384 e. The van der Waals surface area contributed by atoms with Gasteiger partial charge in [-0.25, -0.2) is 9.97 Å². The number of anilines is 2. The van der Waals surface area contributed by atoms with E-state index in [2.05, 4.69) is 15.3 Å². The number of hydrogen-bond acceptors (Lipinski definition) is 6. The summed E-state index contributed by atoms with van der Waals surface area (Å²) in [6, 6.07) is 1.62. The molecule has 18 heavy (non-hydrogen) atoms. The van der Waals surface area contributed by atoms with Gasteiger partial charge in [-0.1, -0.05) is 0 Å². The first-order valence-electron chi connectivity index (χ1n) is 5.59. The van der Waals surface area contributed by atoms with Crippen molar-refractivity contribution in [1.29, 1.82) is 0 Å². The Hall–Kier alpha value is -1.89. The number of nitrogen functional groups attached to an aromatic ring is 1. The van der Waals surface area contributed by atoms with Crippen molar-refractivity contribution >= 4 is 17.5 Å². The molecule has 0 fully saturated rings. The Labute approximate surface area is 106 Å². The Kier molecular flexibility index (Phi) is 5.31. The molecule has 1 amide bonds. The fraction of sp³-hybridized carbons (Fsp3) is 0.545. The summed E-state index contributed by atoms with van der Waals surface area (Å²) in [5.74, 6) is 1.54. The summed E-state index contributed by atoms with van der Waals surface area (Å²) >= 11 is 0. The van der Waals surface area contributed by atoms with E-state index in [1.807, 2.05) is 0 Å². The third-order valence-electron chi connectivity index (χ3n) is 2.21. The maximum Gasteiger partial charge on any atom is 0.223 e. The minimum absolute atomic E-state index is 0.0571. The quantitative estimate of drug-likeness (QED) is 0.746. The van der Waals surface area contributed by atoms with Gasteiger partial charge in [0.2, 0.25) is 5.91 Å². The van der Waals surface area contributed by atoms with E-state index in [1.165, 1.54) is 0 Å². The number of rotatable bonds is 6. The normalized spacial score (nSPS) is 10.2. The molecule has 0 spiro atoms. The van der Waals surface area contributed by atoms with Crippen LogP contribution in [0.2, 0.25) is 0 Å². The van der Waals surface area contributed by atoms with Crippen molar-refractivity contribution < 1.29 is 9.53 Å². The number of hydrogen-bond donors (Lipinski definition) is 2. The van der Waals surface area contributed by atoms with Gasteiger partial charge in [0.1, 0.15) is 18.2 Å². The first-order chi connectivity index (χ1) is 8.52. The minimum atomic E-state index is 0.0571. The maximum absolute atomic E-state index is 11.4. The fourth-order valence-corrected chi connectivity index (χ4v) is 1.32. The lowest BCUT2D eigenvalue weighted by molar-refractivity contribution is -0.128. The lowest BCUT2D eigenvalue weighted by Gasteiger charge is -2.11. The molecule has 1 aromatic heterocycles. The lowest BCUT2D eigenvalue weighted by Crippen LogP contribution is -2.24. The summed E-state index contributed by atoms with van der Waals surface area (Å²) in [6.45, 7) is 0.802. The van der Waals surface area contributed by atoms with Crippen molar-refractivity contribution in [3.63, 3.8) is 0 Å². The van der Waals surface area contributed by atoms with Gasteiger partial charge in [-0.15, -0.1) is 0 Å². The van der Waals surface area contributed by atoms with Crippen LogP contribution in [0.25, 0.3) is 0 Å². The highest BCUT2D eigenvalue weighted by Gasteiger charge is 2.05. The minimum Gasteiger partial charge on any atom is -0.384 e. The van der Waals surface area contributed by atoms with Crippen LogP contribution in [0.15, 0.2) is 6.07 Å². The topological polar surface area (TPSA) is 93.4 Å². The molecule has 3 N–H and O–H groups in total. The van der Waals surface area contributed by atoms with Gasteiger partial charge in [0.05, 0.1) is 0 Å². The zero-order valence-electron chi connectivity index (χ0n) is 10.9. The molecule has 100 valence electrons. The van der Waals surface area contributed by atoms with E-state index in [-0.39, 0.29) is 5.91 Å². The number of nitrogens with zero attached hydrogens (tertiary/aromatic N) is 3. The predicted octanol–water partition coefficient (Wildman–Crippen LogP) is 0.0954. The van der Waals surface area contributed by atoms with E-state index in [0.29, 0.717) is 37.0 Å². The first-order valence-corrected chi connectivity index (χ1v) is 5.59. The van der Waals surface area contributed by atoms with Gasteiger partial charge in [-0.2, -0.15) is 0 Å². The summed E-state index contributed by atoms with van der Waals surface area (Å²) < 4.78 is 4.94. The number of amides is 1. The molecule has 0 bridgehead atoms. The molecule has 0 aliphatic rings. The van der Waals surface area contributed by atoms with Crippen LogP contribution in [0.3, 0.4) is 0 Å². The first kappa shape index (κ1) is 14.2. The Bertz CT molecular complexity index is 408. The van der Waals surface area contributed by atoms with E-state index < -0.39 is 0 Å². The molecule has 0 saturated heterocycles. The van der Waals surface area contributed by atoms with E-state index in [9.17, 15) is 4.79 Å². The Balaban J connectivity index is 2.54. The molecule has 1 aromatic rings. The molecule has 0 unspecified atom stereocenters. The number of aromatic nitrogens is 2. The predicted molar refractivity (Wildman–Crippen MR) is 69.0 cm³/mol. The lowest BCUT2D eigenvalue weighted by atomic mass is 10.3. The molecule has 0 aliphatic heterocycles. The Morgan fingerprint density at radius 2 is 2.22 bits per heavy atom. The molecule has 0 atom stereocenters. The van der Waals surface area contributed by atoms with Crippen molar-refractivity contribution in [1.82, 2.24) is 14.9 Å². The summed E-state index contributed by atoms with van der Waals surface area (Å²) in [5, 5.41) is 3.04. The third kappa shape index (κ3) is 4.54. The molecule has 0 aromatic carbocycles. The highest BCUT2D eigenvalue weighted by Crippen LogP contribution is 2.09. The van der Waals surface area contributed by atoms with Gasteiger partial charge in [0.15, 0.2) is 5.82 Å². The van der Waals surface area contributed by atoms with Gasteiger partial charge < -0.3 is 20.7 Å². The number of nitrogens with two attached hydrogens (primary N) is 1. The average molecular weight is 253 g/mol. The van der Waals surface area contributed by atoms with E-state index in [4.69, 9.17) is 10.5 Å². The number of carbonyl (C=O) groups excluding carboxylic acids is 1. The van der Waals surface area contributed by atoms with Gasteiger partial charge in [0, 0.05) is 40.2 Å². The highest BCUT2D eigenvalue weighted by atomic mass is 16.5. The van der Waals surface area contributed by atoms with Crippen LogP contribution in [0.1, 0.15) is 12.2 Å². The van der Waals surface area contributed by atoms with Crippen molar-refractivity contribution in [2.45, 2.75) is 13.0 Å². The number of ether oxygens (including phenoxy) is 1. The highest BCUT2D eigenvalue weighted by molar-refractivity contribution is 5.76. The van der Waals surface area contributed by atoms with Gasteiger partial charge in [0.25, 0.3) is 0 Å². The van der Waals surface area contributed by atoms with Crippen LogP contribution in [0, 0.1) is 0 Å². The SMILES string of the molecule is COCc1nc(N)cc(NCCC(=O)N(C)C)n1. The second-order valence-electron chi connectivity index (χ2n) is 3.99. The van der Waals surface area contributed by atoms with Crippen LogP contribution in [0.4, 0.5) is 11.6 Å². The summed E-state index contributed by atoms with van der Waals surface area (Å²) in [6.07, 6.45) is 0.399. The zero-order chi connectivity index (χ0) is 13.5. The Morgan fingerprint density at radius 3 is 2.83 bits per heavy atom. The van der Waals surface area contributed by atoms with E-state index in [0.717, 1.165) is 0 Å². The molecule has 7 nitrogen and oxygen atoms in total. The monoisotopic (exact) mass is 253 g/mol. The van der Waals surface area contributed by atoms with E-state index in [1.54, 1.807) is 32.2 Å². The maximum atomic E-state index is 11.4. The number of methoxy groups -OCH3 is 1. The molecular weight excluding hydrogens is 234 g/mol. The summed E-state index contributed by atoms with van der Waals surface area (Å²) in [4.78, 5) is 21.2. The van der Waals surface area contributed by atoms with Gasteiger partial charge >= 0.3 is 0 Å².